The number of benzene rings is 1. The van der Waals surface area contributed by atoms with E-state index in [2.05, 4.69) is 37.3 Å². The first-order valence-electron chi connectivity index (χ1n) is 6.05. The second-order valence-corrected chi connectivity index (χ2v) is 5.46. The lowest BCUT2D eigenvalue weighted by Crippen LogP contribution is -2.03. The van der Waals surface area contributed by atoms with Crippen LogP contribution in [-0.2, 0) is 6.42 Å². The molecule has 0 fully saturated rings. The zero-order valence-electron chi connectivity index (χ0n) is 10.1. The summed E-state index contributed by atoms with van der Waals surface area (Å²) in [6, 6.07) is 10.7. The lowest BCUT2D eigenvalue weighted by molar-refractivity contribution is 0.250. The molecule has 1 rings (SSSR count). The maximum atomic E-state index is 8.87. The van der Waals surface area contributed by atoms with Gasteiger partial charge in [0.1, 0.15) is 0 Å². The quantitative estimate of drug-likeness (QED) is 0.701. The highest BCUT2D eigenvalue weighted by molar-refractivity contribution is 7.99. The fourth-order valence-electron chi connectivity index (χ4n) is 1.52. The molecule has 0 bridgehead atoms. The molecule has 0 aliphatic heterocycles. The molecular weight excluding hydrogens is 216 g/mol. The molecule has 1 aromatic rings. The third-order valence-corrected chi connectivity index (χ3v) is 3.94. The van der Waals surface area contributed by atoms with E-state index in [9.17, 15) is 0 Å². The van der Waals surface area contributed by atoms with Gasteiger partial charge in [-0.1, -0.05) is 37.3 Å². The van der Waals surface area contributed by atoms with Gasteiger partial charge in [0.05, 0.1) is 0 Å². The van der Waals surface area contributed by atoms with E-state index >= 15 is 0 Å². The third kappa shape index (κ3) is 6.19. The van der Waals surface area contributed by atoms with Crippen LogP contribution in [0.1, 0.15) is 25.3 Å². The van der Waals surface area contributed by atoms with Crippen molar-refractivity contribution in [2.45, 2.75) is 26.2 Å². The van der Waals surface area contributed by atoms with Gasteiger partial charge in [0.2, 0.25) is 0 Å². The molecule has 90 valence electrons. The molecule has 0 aliphatic rings. The third-order valence-electron chi connectivity index (χ3n) is 2.56. The van der Waals surface area contributed by atoms with E-state index in [0.717, 1.165) is 5.75 Å². The average molecular weight is 238 g/mol. The Morgan fingerprint density at radius 3 is 2.62 bits per heavy atom. The first kappa shape index (κ1) is 13.6. The van der Waals surface area contributed by atoms with Gasteiger partial charge < -0.3 is 5.11 Å². The van der Waals surface area contributed by atoms with E-state index in [1.54, 1.807) is 0 Å². The molecule has 0 aromatic heterocycles. The SMILES string of the molecule is CC(CO)CSCCCCc1ccccc1. The van der Waals surface area contributed by atoms with Crippen LogP contribution in [0.2, 0.25) is 0 Å². The van der Waals surface area contributed by atoms with Crippen LogP contribution in [0.5, 0.6) is 0 Å². The van der Waals surface area contributed by atoms with Crippen molar-refractivity contribution in [3.63, 3.8) is 0 Å². The summed E-state index contributed by atoms with van der Waals surface area (Å²) in [5, 5.41) is 8.87. The summed E-state index contributed by atoms with van der Waals surface area (Å²) < 4.78 is 0. The molecular formula is C14H22OS. The minimum Gasteiger partial charge on any atom is -0.396 e. The Kier molecular flexibility index (Phi) is 7.35. The minimum absolute atomic E-state index is 0.316. The number of thioether (sulfide) groups is 1. The first-order valence-corrected chi connectivity index (χ1v) is 7.21. The fourth-order valence-corrected chi connectivity index (χ4v) is 2.60. The van der Waals surface area contributed by atoms with E-state index in [0.29, 0.717) is 12.5 Å². The second-order valence-electron chi connectivity index (χ2n) is 4.31. The van der Waals surface area contributed by atoms with Crippen LogP contribution in [0.15, 0.2) is 30.3 Å². The van der Waals surface area contributed by atoms with Gasteiger partial charge in [-0.25, -0.2) is 0 Å². The molecule has 0 spiro atoms. The lowest BCUT2D eigenvalue weighted by atomic mass is 10.1. The van der Waals surface area contributed by atoms with Crippen molar-refractivity contribution in [2.24, 2.45) is 5.92 Å². The van der Waals surface area contributed by atoms with Gasteiger partial charge in [-0.2, -0.15) is 11.8 Å². The molecule has 0 heterocycles. The molecule has 1 atom stereocenters. The van der Waals surface area contributed by atoms with E-state index in [1.807, 2.05) is 11.8 Å². The van der Waals surface area contributed by atoms with E-state index in [-0.39, 0.29) is 0 Å². The predicted molar refractivity (Wildman–Crippen MR) is 73.0 cm³/mol. The van der Waals surface area contributed by atoms with Gasteiger partial charge in [0, 0.05) is 6.61 Å². The summed E-state index contributed by atoms with van der Waals surface area (Å²) >= 11 is 1.96. The molecule has 0 amide bonds. The lowest BCUT2D eigenvalue weighted by Gasteiger charge is -2.06. The van der Waals surface area contributed by atoms with Crippen LogP contribution in [-0.4, -0.2) is 23.2 Å². The normalized spacial score (nSPS) is 12.6. The van der Waals surface area contributed by atoms with Gasteiger partial charge in [-0.05, 0) is 42.2 Å². The van der Waals surface area contributed by atoms with Gasteiger partial charge in [-0.3, -0.25) is 0 Å². The van der Waals surface area contributed by atoms with Crippen molar-refractivity contribution in [1.82, 2.24) is 0 Å². The van der Waals surface area contributed by atoms with Gasteiger partial charge >= 0.3 is 0 Å². The summed E-state index contributed by atoms with van der Waals surface area (Å²) in [5.74, 6) is 2.75. The van der Waals surface area contributed by atoms with Crippen molar-refractivity contribution >= 4 is 11.8 Å². The van der Waals surface area contributed by atoms with Crippen molar-refractivity contribution < 1.29 is 5.11 Å². The fraction of sp³-hybridized carbons (Fsp3) is 0.571. The number of rotatable bonds is 8. The highest BCUT2D eigenvalue weighted by Gasteiger charge is 1.99. The Bertz CT molecular complexity index is 261. The summed E-state index contributed by atoms with van der Waals surface area (Å²) in [6.07, 6.45) is 3.74. The van der Waals surface area contributed by atoms with E-state index in [1.165, 1.54) is 30.6 Å². The number of hydrogen-bond acceptors (Lipinski definition) is 2. The smallest absolute Gasteiger partial charge is 0.0464 e. The van der Waals surface area contributed by atoms with E-state index in [4.69, 9.17) is 5.11 Å². The van der Waals surface area contributed by atoms with Crippen LogP contribution in [0.4, 0.5) is 0 Å². The Morgan fingerprint density at radius 1 is 1.19 bits per heavy atom. The number of unbranched alkanes of at least 4 members (excludes halogenated alkanes) is 1. The highest BCUT2D eigenvalue weighted by atomic mass is 32.2. The summed E-state index contributed by atoms with van der Waals surface area (Å²) in [7, 11) is 0. The number of aliphatic hydroxyl groups excluding tert-OH is 1. The van der Waals surface area contributed by atoms with Crippen LogP contribution in [0, 0.1) is 5.92 Å². The zero-order valence-corrected chi connectivity index (χ0v) is 10.9. The van der Waals surface area contributed by atoms with Crippen LogP contribution >= 0.6 is 11.8 Å². The van der Waals surface area contributed by atoms with Crippen LogP contribution < -0.4 is 0 Å². The Morgan fingerprint density at radius 2 is 1.94 bits per heavy atom. The largest absolute Gasteiger partial charge is 0.396 e. The van der Waals surface area contributed by atoms with Crippen molar-refractivity contribution in [3.05, 3.63) is 35.9 Å². The maximum Gasteiger partial charge on any atom is 0.0464 e. The first-order chi connectivity index (χ1) is 7.83. The Hall–Kier alpha value is -0.470. The molecule has 1 aromatic carbocycles. The summed E-state index contributed by atoms with van der Waals surface area (Å²) in [4.78, 5) is 0. The van der Waals surface area contributed by atoms with Crippen molar-refractivity contribution in [3.8, 4) is 0 Å². The van der Waals surface area contributed by atoms with Crippen molar-refractivity contribution in [2.75, 3.05) is 18.1 Å². The van der Waals surface area contributed by atoms with Gasteiger partial charge in [-0.15, -0.1) is 0 Å². The predicted octanol–water partition coefficient (Wildman–Crippen LogP) is 3.37. The monoisotopic (exact) mass is 238 g/mol. The maximum absolute atomic E-state index is 8.87. The van der Waals surface area contributed by atoms with Gasteiger partial charge in [0.25, 0.3) is 0 Å². The van der Waals surface area contributed by atoms with Crippen LogP contribution in [0.3, 0.4) is 0 Å². The molecule has 1 unspecified atom stereocenters. The Balaban J connectivity index is 1.96. The number of aliphatic hydroxyl groups is 1. The molecule has 0 saturated carbocycles. The molecule has 0 aliphatic carbocycles. The summed E-state index contributed by atoms with van der Waals surface area (Å²) in [5.41, 5.74) is 1.44. The van der Waals surface area contributed by atoms with Gasteiger partial charge in [0.15, 0.2) is 0 Å². The zero-order chi connectivity index (χ0) is 11.6. The van der Waals surface area contributed by atoms with Crippen LogP contribution in [0.25, 0.3) is 0 Å². The molecule has 0 saturated heterocycles. The molecule has 0 radical (unpaired) electrons. The minimum atomic E-state index is 0.316. The topological polar surface area (TPSA) is 20.2 Å². The van der Waals surface area contributed by atoms with E-state index < -0.39 is 0 Å². The number of hydrogen-bond donors (Lipinski definition) is 1. The Labute approximate surface area is 103 Å². The molecule has 16 heavy (non-hydrogen) atoms. The van der Waals surface area contributed by atoms with Crippen molar-refractivity contribution in [1.29, 1.82) is 0 Å². The molecule has 1 N–H and O–H groups in total. The highest BCUT2D eigenvalue weighted by Crippen LogP contribution is 2.12. The summed E-state index contributed by atoms with van der Waals surface area (Å²) in [6.45, 7) is 2.41. The molecule has 1 nitrogen and oxygen atoms in total. The standard InChI is InChI=1S/C14H22OS/c1-13(11-15)12-16-10-6-5-9-14-7-3-2-4-8-14/h2-4,7-8,13,15H,5-6,9-12H2,1H3. The molecule has 2 heteroatoms. The number of aryl methyl sites for hydroxylation is 1. The average Bonchev–Trinajstić information content (AvgIpc) is 2.34. The second kappa shape index (κ2) is 8.66.